The number of likely N-dealkylation sites (tertiary alicyclic amines) is 1. The van der Waals surface area contributed by atoms with Gasteiger partial charge in [-0.2, -0.15) is 0 Å². The number of carbonyl (C=O) groups is 1. The smallest absolute Gasteiger partial charge is 0.320 e. The van der Waals surface area contributed by atoms with E-state index in [1.165, 1.54) is 12.8 Å². The molecule has 2 saturated heterocycles. The number of piperidine rings is 1. The maximum Gasteiger partial charge on any atom is 0.320 e. The highest BCUT2D eigenvalue weighted by molar-refractivity contribution is 5.74. The topological polar surface area (TPSA) is 35.6 Å². The Morgan fingerprint density at radius 3 is 2.75 bits per heavy atom. The monoisotopic (exact) mass is 225 g/mol. The van der Waals surface area contributed by atoms with Gasteiger partial charge in [0.1, 0.15) is 0 Å². The molecule has 1 N–H and O–H groups in total. The fourth-order valence-corrected chi connectivity index (χ4v) is 2.60. The van der Waals surface area contributed by atoms with Crippen LogP contribution in [-0.4, -0.2) is 55.1 Å². The molecule has 4 nitrogen and oxygen atoms in total. The van der Waals surface area contributed by atoms with Gasteiger partial charge in [-0.1, -0.05) is 6.92 Å². The lowest BCUT2D eigenvalue weighted by molar-refractivity contribution is 0.133. The molecule has 2 fully saturated rings. The average Bonchev–Trinajstić information content (AvgIpc) is 2.56. The zero-order chi connectivity index (χ0) is 11.4. The molecule has 16 heavy (non-hydrogen) atoms. The molecule has 1 unspecified atom stereocenters. The van der Waals surface area contributed by atoms with Gasteiger partial charge in [0.05, 0.1) is 0 Å². The Labute approximate surface area is 98.0 Å². The number of rotatable bonds is 0. The molecule has 2 rings (SSSR count). The Morgan fingerprint density at radius 1 is 1.12 bits per heavy atom. The van der Waals surface area contributed by atoms with E-state index in [0.717, 1.165) is 45.7 Å². The molecule has 0 spiro atoms. The van der Waals surface area contributed by atoms with Gasteiger partial charge in [-0.25, -0.2) is 4.79 Å². The van der Waals surface area contributed by atoms with E-state index in [9.17, 15) is 4.79 Å². The number of urea groups is 1. The van der Waals surface area contributed by atoms with Crippen molar-refractivity contribution in [2.75, 3.05) is 39.3 Å². The van der Waals surface area contributed by atoms with Crippen molar-refractivity contribution in [3.63, 3.8) is 0 Å². The van der Waals surface area contributed by atoms with Crippen LogP contribution in [0.1, 0.15) is 26.2 Å². The molecule has 0 radical (unpaired) electrons. The van der Waals surface area contributed by atoms with Crippen LogP contribution in [0.15, 0.2) is 0 Å². The van der Waals surface area contributed by atoms with Crippen molar-refractivity contribution < 1.29 is 4.79 Å². The molecule has 2 aliphatic heterocycles. The Bertz CT molecular complexity index is 232. The molecule has 0 aliphatic carbocycles. The Morgan fingerprint density at radius 2 is 1.94 bits per heavy atom. The summed E-state index contributed by atoms with van der Waals surface area (Å²) in [5, 5.41) is 3.33. The number of nitrogens with zero attached hydrogens (tertiary/aromatic N) is 2. The number of nitrogens with one attached hydrogen (secondary N) is 1. The van der Waals surface area contributed by atoms with Crippen molar-refractivity contribution >= 4 is 6.03 Å². The highest BCUT2D eigenvalue weighted by Crippen LogP contribution is 2.17. The minimum Gasteiger partial charge on any atom is -0.324 e. The lowest BCUT2D eigenvalue weighted by Gasteiger charge is -2.35. The van der Waals surface area contributed by atoms with E-state index in [1.807, 2.05) is 9.80 Å². The van der Waals surface area contributed by atoms with Gasteiger partial charge in [-0.05, 0) is 31.7 Å². The summed E-state index contributed by atoms with van der Waals surface area (Å²) in [5.41, 5.74) is 0. The van der Waals surface area contributed by atoms with Gasteiger partial charge in [0, 0.05) is 32.7 Å². The van der Waals surface area contributed by atoms with E-state index < -0.39 is 0 Å². The maximum absolute atomic E-state index is 12.3. The fourth-order valence-electron chi connectivity index (χ4n) is 2.60. The first-order valence-electron chi connectivity index (χ1n) is 6.52. The second-order valence-corrected chi connectivity index (χ2v) is 5.07. The summed E-state index contributed by atoms with van der Waals surface area (Å²) in [6.45, 7) is 7.90. The highest BCUT2D eigenvalue weighted by atomic mass is 16.2. The molecule has 2 amide bonds. The lowest BCUT2D eigenvalue weighted by atomic mass is 10.0. The second kappa shape index (κ2) is 5.53. The van der Waals surface area contributed by atoms with Crippen molar-refractivity contribution in [2.24, 2.45) is 5.92 Å². The normalized spacial score (nSPS) is 27.7. The molecule has 92 valence electrons. The van der Waals surface area contributed by atoms with Gasteiger partial charge in [0.25, 0.3) is 0 Å². The van der Waals surface area contributed by atoms with Crippen molar-refractivity contribution in [1.82, 2.24) is 15.1 Å². The molecule has 0 aromatic heterocycles. The van der Waals surface area contributed by atoms with Crippen LogP contribution in [-0.2, 0) is 0 Å². The molecule has 0 aromatic carbocycles. The Balaban J connectivity index is 1.89. The first-order chi connectivity index (χ1) is 7.77. The van der Waals surface area contributed by atoms with Gasteiger partial charge >= 0.3 is 6.03 Å². The van der Waals surface area contributed by atoms with Gasteiger partial charge in [0.15, 0.2) is 0 Å². The van der Waals surface area contributed by atoms with Crippen LogP contribution in [0.3, 0.4) is 0 Å². The van der Waals surface area contributed by atoms with Gasteiger partial charge < -0.3 is 15.1 Å². The number of hydrogen-bond acceptors (Lipinski definition) is 2. The highest BCUT2D eigenvalue weighted by Gasteiger charge is 2.25. The summed E-state index contributed by atoms with van der Waals surface area (Å²) < 4.78 is 0. The van der Waals surface area contributed by atoms with Crippen LogP contribution >= 0.6 is 0 Å². The molecule has 4 heteroatoms. The largest absolute Gasteiger partial charge is 0.324 e. The third-order valence-corrected chi connectivity index (χ3v) is 3.54. The molecular formula is C12H23N3O. The summed E-state index contributed by atoms with van der Waals surface area (Å²) in [4.78, 5) is 16.3. The molecule has 2 aliphatic rings. The molecule has 0 aromatic rings. The third-order valence-electron chi connectivity index (χ3n) is 3.54. The molecule has 2 heterocycles. The van der Waals surface area contributed by atoms with Crippen LogP contribution < -0.4 is 5.32 Å². The van der Waals surface area contributed by atoms with Crippen LogP contribution in [0.4, 0.5) is 4.79 Å². The van der Waals surface area contributed by atoms with E-state index in [1.54, 1.807) is 0 Å². The number of carbonyl (C=O) groups excluding carboxylic acids is 1. The Hall–Kier alpha value is -0.770. The predicted octanol–water partition coefficient (Wildman–Crippen LogP) is 1.13. The van der Waals surface area contributed by atoms with Crippen molar-refractivity contribution in [2.45, 2.75) is 26.2 Å². The number of hydrogen-bond donors (Lipinski definition) is 1. The van der Waals surface area contributed by atoms with Crippen LogP contribution in [0.2, 0.25) is 0 Å². The van der Waals surface area contributed by atoms with Crippen molar-refractivity contribution in [3.8, 4) is 0 Å². The predicted molar refractivity (Wildman–Crippen MR) is 64.4 cm³/mol. The van der Waals surface area contributed by atoms with E-state index in [4.69, 9.17) is 0 Å². The average molecular weight is 225 g/mol. The third kappa shape index (κ3) is 2.88. The quantitative estimate of drug-likeness (QED) is 0.671. The lowest BCUT2D eigenvalue weighted by Crippen LogP contribution is -2.48. The van der Waals surface area contributed by atoms with E-state index >= 15 is 0 Å². The molecule has 1 atom stereocenters. The summed E-state index contributed by atoms with van der Waals surface area (Å²) in [7, 11) is 0. The van der Waals surface area contributed by atoms with E-state index in [0.29, 0.717) is 5.92 Å². The fraction of sp³-hybridized carbons (Fsp3) is 0.917. The van der Waals surface area contributed by atoms with Gasteiger partial charge in [0.2, 0.25) is 0 Å². The Kier molecular flexibility index (Phi) is 4.04. The summed E-state index contributed by atoms with van der Waals surface area (Å²) >= 11 is 0. The van der Waals surface area contributed by atoms with E-state index in [2.05, 4.69) is 12.2 Å². The van der Waals surface area contributed by atoms with E-state index in [-0.39, 0.29) is 6.03 Å². The second-order valence-electron chi connectivity index (χ2n) is 5.07. The minimum absolute atomic E-state index is 0.259. The van der Waals surface area contributed by atoms with Gasteiger partial charge in [-0.3, -0.25) is 0 Å². The van der Waals surface area contributed by atoms with Crippen molar-refractivity contribution in [3.05, 3.63) is 0 Å². The summed E-state index contributed by atoms with van der Waals surface area (Å²) in [6, 6.07) is 0.259. The zero-order valence-electron chi connectivity index (χ0n) is 10.2. The first kappa shape index (κ1) is 11.7. The van der Waals surface area contributed by atoms with Crippen LogP contribution in [0, 0.1) is 5.92 Å². The SMILES string of the molecule is CC1CCCN(C(=O)N2CCCNCC2)C1. The molecule has 0 bridgehead atoms. The molecular weight excluding hydrogens is 202 g/mol. The van der Waals surface area contributed by atoms with Gasteiger partial charge in [-0.15, -0.1) is 0 Å². The van der Waals surface area contributed by atoms with Crippen LogP contribution in [0.5, 0.6) is 0 Å². The number of amides is 2. The van der Waals surface area contributed by atoms with Crippen LogP contribution in [0.25, 0.3) is 0 Å². The summed E-state index contributed by atoms with van der Waals surface area (Å²) in [5.74, 6) is 0.669. The van der Waals surface area contributed by atoms with Crippen molar-refractivity contribution in [1.29, 1.82) is 0 Å². The molecule has 0 saturated carbocycles. The summed E-state index contributed by atoms with van der Waals surface area (Å²) in [6.07, 6.45) is 3.51. The zero-order valence-corrected chi connectivity index (χ0v) is 10.2. The maximum atomic E-state index is 12.3. The standard InChI is InChI=1S/C12H23N3O/c1-11-4-2-7-15(10-11)12(16)14-8-3-5-13-6-9-14/h11,13H,2-10H2,1H3. The minimum atomic E-state index is 0.259. The first-order valence-corrected chi connectivity index (χ1v) is 6.52.